The second-order valence-electron chi connectivity index (χ2n) is 10.8. The molecule has 2 fully saturated rings. The molecule has 2 heterocycles. The molecule has 4 rings (SSSR count). The molecule has 1 aliphatic carbocycles. The van der Waals surface area contributed by atoms with Crippen LogP contribution in [0.4, 0.5) is 4.79 Å². The van der Waals surface area contributed by atoms with Gasteiger partial charge >= 0.3 is 6.09 Å². The first-order chi connectivity index (χ1) is 16.4. The Hall–Kier alpha value is -2.31. The number of imide groups is 1. The number of rotatable bonds is 3. The van der Waals surface area contributed by atoms with Crippen LogP contribution >= 0.6 is 23.2 Å². The van der Waals surface area contributed by atoms with Crippen molar-refractivity contribution in [3.8, 4) is 5.75 Å². The first kappa shape index (κ1) is 25.8. The maximum Gasteiger partial charge on any atom is 0.417 e. The SMILES string of the molecule is COc1ccc([C@@H]2CC[C@@]3(C)C(=O)N(C(=O)OC(C)(C)C)[C@H](C)[C@H]3[C@H]2c2ccc(Cl)cn2)c(Cl)c1. The van der Waals surface area contributed by atoms with E-state index in [0.29, 0.717) is 28.6 Å². The molecule has 2 aliphatic rings. The molecule has 188 valence electrons. The Labute approximate surface area is 216 Å². The number of likely N-dealkylation sites (tertiary alicyclic amines) is 1. The first-order valence-corrected chi connectivity index (χ1v) is 12.6. The molecule has 8 heteroatoms. The number of carbonyl (C=O) groups is 2. The van der Waals surface area contributed by atoms with Crippen LogP contribution in [0.25, 0.3) is 0 Å². The maximum absolute atomic E-state index is 13.8. The van der Waals surface area contributed by atoms with E-state index in [1.807, 2.05) is 44.2 Å². The summed E-state index contributed by atoms with van der Waals surface area (Å²) >= 11 is 12.9. The van der Waals surface area contributed by atoms with Crippen molar-refractivity contribution in [1.29, 1.82) is 0 Å². The minimum absolute atomic E-state index is 0.00556. The van der Waals surface area contributed by atoms with Gasteiger partial charge < -0.3 is 9.47 Å². The van der Waals surface area contributed by atoms with Crippen LogP contribution in [0.1, 0.15) is 70.6 Å². The van der Waals surface area contributed by atoms with E-state index in [0.717, 1.165) is 11.3 Å². The number of amides is 2. The standard InChI is InChI=1S/C27H32Cl2N2O4/c1-15-23-22(21-10-7-16(28)14-30-21)19(18-9-8-17(34-6)13-20(18)29)11-12-27(23,5)24(32)31(15)25(33)35-26(2,3)4/h7-10,13-15,19,22-23H,11-12H2,1-6H3/t15-,19+,22-,23+,27-/m1/s1. The summed E-state index contributed by atoms with van der Waals surface area (Å²) in [6, 6.07) is 9.05. The van der Waals surface area contributed by atoms with Crippen molar-refractivity contribution in [3.05, 3.63) is 57.8 Å². The summed E-state index contributed by atoms with van der Waals surface area (Å²) in [7, 11) is 1.61. The van der Waals surface area contributed by atoms with Gasteiger partial charge in [0.05, 0.1) is 17.5 Å². The maximum atomic E-state index is 13.8. The second kappa shape index (κ2) is 9.29. The number of benzene rings is 1. The van der Waals surface area contributed by atoms with Gasteiger partial charge in [-0.05, 0) is 76.3 Å². The Morgan fingerprint density at radius 3 is 2.49 bits per heavy atom. The third-order valence-electron chi connectivity index (χ3n) is 7.45. The Balaban J connectivity index is 1.82. The Bertz CT molecular complexity index is 1130. The summed E-state index contributed by atoms with van der Waals surface area (Å²) in [5, 5.41) is 1.15. The van der Waals surface area contributed by atoms with Crippen LogP contribution in [0.2, 0.25) is 10.0 Å². The molecule has 2 amide bonds. The number of hydrogen-bond acceptors (Lipinski definition) is 5. The summed E-state index contributed by atoms with van der Waals surface area (Å²) < 4.78 is 11.0. The number of nitrogens with zero attached hydrogens (tertiary/aromatic N) is 2. The Kier molecular flexibility index (Phi) is 6.84. The van der Waals surface area contributed by atoms with Gasteiger partial charge in [-0.25, -0.2) is 9.69 Å². The molecule has 1 saturated carbocycles. The van der Waals surface area contributed by atoms with E-state index < -0.39 is 17.1 Å². The molecule has 0 unspecified atom stereocenters. The van der Waals surface area contributed by atoms with Crippen LogP contribution in [0.5, 0.6) is 5.75 Å². The summed E-state index contributed by atoms with van der Waals surface area (Å²) in [6.07, 6.45) is 2.36. The average Bonchev–Trinajstić information content (AvgIpc) is 2.98. The van der Waals surface area contributed by atoms with Crippen molar-refractivity contribution >= 4 is 35.2 Å². The highest BCUT2D eigenvalue weighted by Gasteiger charge is 2.63. The zero-order valence-corrected chi connectivity index (χ0v) is 22.5. The van der Waals surface area contributed by atoms with Gasteiger partial charge in [-0.15, -0.1) is 0 Å². The second-order valence-corrected chi connectivity index (χ2v) is 11.6. The van der Waals surface area contributed by atoms with Crippen molar-refractivity contribution in [2.45, 2.75) is 70.9 Å². The fourth-order valence-corrected chi connectivity index (χ4v) is 6.39. The van der Waals surface area contributed by atoms with E-state index >= 15 is 0 Å². The van der Waals surface area contributed by atoms with Gasteiger partial charge in [0.1, 0.15) is 11.4 Å². The van der Waals surface area contributed by atoms with E-state index in [9.17, 15) is 9.59 Å². The fraction of sp³-hybridized carbons (Fsp3) is 0.519. The summed E-state index contributed by atoms with van der Waals surface area (Å²) in [5.41, 5.74) is 0.360. The normalized spacial score (nSPS) is 28.6. The minimum Gasteiger partial charge on any atom is -0.497 e. The largest absolute Gasteiger partial charge is 0.497 e. The average molecular weight is 519 g/mol. The lowest BCUT2D eigenvalue weighted by Gasteiger charge is -2.45. The van der Waals surface area contributed by atoms with E-state index in [-0.39, 0.29) is 29.7 Å². The highest BCUT2D eigenvalue weighted by molar-refractivity contribution is 6.31. The molecular weight excluding hydrogens is 487 g/mol. The molecule has 2 aromatic rings. The van der Waals surface area contributed by atoms with Crippen LogP contribution in [0.15, 0.2) is 36.5 Å². The molecule has 1 aliphatic heterocycles. The minimum atomic E-state index is -0.738. The lowest BCUT2D eigenvalue weighted by Crippen LogP contribution is -2.43. The molecule has 0 bridgehead atoms. The monoisotopic (exact) mass is 518 g/mol. The van der Waals surface area contributed by atoms with E-state index in [1.54, 1.807) is 34.1 Å². The molecule has 35 heavy (non-hydrogen) atoms. The van der Waals surface area contributed by atoms with E-state index in [4.69, 9.17) is 32.7 Å². The Morgan fingerprint density at radius 1 is 1.20 bits per heavy atom. The van der Waals surface area contributed by atoms with Crippen molar-refractivity contribution in [1.82, 2.24) is 9.88 Å². The van der Waals surface area contributed by atoms with Crippen molar-refractivity contribution in [2.75, 3.05) is 7.11 Å². The number of halogens is 2. The summed E-state index contributed by atoms with van der Waals surface area (Å²) in [4.78, 5) is 32.9. The van der Waals surface area contributed by atoms with Crippen molar-refractivity contribution < 1.29 is 19.1 Å². The van der Waals surface area contributed by atoms with Crippen molar-refractivity contribution in [3.63, 3.8) is 0 Å². The number of aromatic nitrogens is 1. The Morgan fingerprint density at radius 2 is 1.91 bits per heavy atom. The third kappa shape index (κ3) is 4.63. The lowest BCUT2D eigenvalue weighted by atomic mass is 9.56. The smallest absolute Gasteiger partial charge is 0.417 e. The van der Waals surface area contributed by atoms with Crippen LogP contribution in [-0.4, -0.2) is 40.6 Å². The number of methoxy groups -OCH3 is 1. The summed E-state index contributed by atoms with van der Waals surface area (Å²) in [5.74, 6) is 0.133. The number of carbonyl (C=O) groups excluding carboxylic acids is 2. The number of ether oxygens (including phenoxy) is 2. The van der Waals surface area contributed by atoms with Crippen molar-refractivity contribution in [2.24, 2.45) is 11.3 Å². The predicted molar refractivity (Wildman–Crippen MR) is 136 cm³/mol. The molecule has 1 aromatic heterocycles. The highest BCUT2D eigenvalue weighted by Crippen LogP contribution is 2.61. The van der Waals surface area contributed by atoms with E-state index in [2.05, 4.69) is 4.98 Å². The molecule has 0 spiro atoms. The highest BCUT2D eigenvalue weighted by atomic mass is 35.5. The lowest BCUT2D eigenvalue weighted by molar-refractivity contribution is -0.137. The van der Waals surface area contributed by atoms with Gasteiger partial charge in [0.2, 0.25) is 5.91 Å². The molecule has 0 N–H and O–H groups in total. The molecule has 6 nitrogen and oxygen atoms in total. The topological polar surface area (TPSA) is 68.7 Å². The zero-order chi connectivity index (χ0) is 25.7. The molecule has 1 aromatic carbocycles. The quantitative estimate of drug-likeness (QED) is 0.444. The number of fused-ring (bicyclic) bond motifs is 1. The van der Waals surface area contributed by atoms with Gasteiger partial charge in [0, 0.05) is 34.8 Å². The number of pyridine rings is 1. The molecule has 5 atom stereocenters. The van der Waals surface area contributed by atoms with Gasteiger partial charge in [0.15, 0.2) is 0 Å². The van der Waals surface area contributed by atoms with Gasteiger partial charge in [-0.2, -0.15) is 0 Å². The number of hydrogen-bond donors (Lipinski definition) is 0. The predicted octanol–water partition coefficient (Wildman–Crippen LogP) is 6.85. The van der Waals surface area contributed by atoms with Crippen LogP contribution < -0.4 is 4.74 Å². The molecule has 0 radical (unpaired) electrons. The first-order valence-electron chi connectivity index (χ1n) is 11.9. The molecule has 1 saturated heterocycles. The zero-order valence-electron chi connectivity index (χ0n) is 21.0. The molecular formula is C27H32Cl2N2O4. The third-order valence-corrected chi connectivity index (χ3v) is 8.01. The van der Waals surface area contributed by atoms with Crippen LogP contribution in [0, 0.1) is 11.3 Å². The van der Waals surface area contributed by atoms with E-state index in [1.165, 1.54) is 4.90 Å². The van der Waals surface area contributed by atoms with Crippen LogP contribution in [-0.2, 0) is 9.53 Å². The van der Waals surface area contributed by atoms with Gasteiger partial charge in [-0.3, -0.25) is 9.78 Å². The van der Waals surface area contributed by atoms with Gasteiger partial charge in [0.25, 0.3) is 0 Å². The van der Waals surface area contributed by atoms with Gasteiger partial charge in [-0.1, -0.05) is 36.2 Å². The van der Waals surface area contributed by atoms with Crippen LogP contribution in [0.3, 0.4) is 0 Å². The summed E-state index contributed by atoms with van der Waals surface area (Å²) in [6.45, 7) is 9.29. The fourth-order valence-electron chi connectivity index (χ4n) is 5.97.